The SMILES string of the molecule is COc1ccc(Nc2cc(-c3ccc(F)cc3OC)ncn2)cc1C. The molecule has 0 unspecified atom stereocenters. The summed E-state index contributed by atoms with van der Waals surface area (Å²) in [6.45, 7) is 1.97. The van der Waals surface area contributed by atoms with Crippen LogP contribution in [0.5, 0.6) is 11.5 Å². The second-order valence-corrected chi connectivity index (χ2v) is 5.44. The van der Waals surface area contributed by atoms with Crippen LogP contribution in [0.1, 0.15) is 5.56 Å². The number of anilines is 2. The number of aryl methyl sites for hydroxylation is 1. The lowest BCUT2D eigenvalue weighted by Crippen LogP contribution is -1.97. The number of halogens is 1. The van der Waals surface area contributed by atoms with Crippen molar-refractivity contribution in [1.29, 1.82) is 0 Å². The van der Waals surface area contributed by atoms with Crippen LogP contribution in [-0.4, -0.2) is 24.2 Å². The molecule has 0 saturated heterocycles. The van der Waals surface area contributed by atoms with E-state index in [1.165, 1.54) is 25.6 Å². The molecule has 1 N–H and O–H groups in total. The van der Waals surface area contributed by atoms with Crippen molar-refractivity contribution in [2.24, 2.45) is 0 Å². The Hall–Kier alpha value is -3.15. The molecule has 0 fully saturated rings. The number of benzene rings is 2. The average Bonchev–Trinajstić information content (AvgIpc) is 2.62. The Morgan fingerprint density at radius 2 is 1.72 bits per heavy atom. The fourth-order valence-corrected chi connectivity index (χ4v) is 2.55. The molecule has 0 atom stereocenters. The molecule has 0 saturated carbocycles. The first-order valence-electron chi connectivity index (χ1n) is 7.68. The molecule has 0 bridgehead atoms. The molecule has 5 nitrogen and oxygen atoms in total. The summed E-state index contributed by atoms with van der Waals surface area (Å²) in [6.07, 6.45) is 1.46. The third-order valence-electron chi connectivity index (χ3n) is 3.77. The molecule has 128 valence electrons. The molecular formula is C19H18FN3O2. The van der Waals surface area contributed by atoms with Crippen molar-refractivity contribution < 1.29 is 13.9 Å². The standard InChI is InChI=1S/C19H18FN3O2/c1-12-8-14(5-7-17(12)24-2)23-19-10-16(21-11-22-19)15-6-4-13(20)9-18(15)25-3/h4-11H,1-3H3,(H,21,22,23). The van der Waals surface area contributed by atoms with Gasteiger partial charge in [-0.1, -0.05) is 0 Å². The summed E-state index contributed by atoms with van der Waals surface area (Å²) >= 11 is 0. The zero-order valence-corrected chi connectivity index (χ0v) is 14.2. The van der Waals surface area contributed by atoms with Crippen molar-refractivity contribution >= 4 is 11.5 Å². The maximum absolute atomic E-state index is 13.4. The van der Waals surface area contributed by atoms with Gasteiger partial charge in [-0.25, -0.2) is 14.4 Å². The second kappa shape index (κ2) is 7.17. The lowest BCUT2D eigenvalue weighted by atomic mass is 10.1. The van der Waals surface area contributed by atoms with E-state index in [9.17, 15) is 4.39 Å². The van der Waals surface area contributed by atoms with Crippen LogP contribution >= 0.6 is 0 Å². The smallest absolute Gasteiger partial charge is 0.134 e. The number of nitrogens with zero attached hydrogens (tertiary/aromatic N) is 2. The third-order valence-corrected chi connectivity index (χ3v) is 3.77. The third kappa shape index (κ3) is 3.68. The van der Waals surface area contributed by atoms with Gasteiger partial charge in [0.1, 0.15) is 29.5 Å². The van der Waals surface area contributed by atoms with E-state index >= 15 is 0 Å². The number of ether oxygens (including phenoxy) is 2. The molecule has 0 spiro atoms. The zero-order chi connectivity index (χ0) is 17.8. The van der Waals surface area contributed by atoms with Crippen LogP contribution in [0, 0.1) is 12.7 Å². The highest BCUT2D eigenvalue weighted by molar-refractivity contribution is 5.70. The first-order chi connectivity index (χ1) is 12.1. The first-order valence-corrected chi connectivity index (χ1v) is 7.68. The van der Waals surface area contributed by atoms with Crippen LogP contribution in [0.3, 0.4) is 0 Å². The largest absolute Gasteiger partial charge is 0.496 e. The van der Waals surface area contributed by atoms with Crippen molar-refractivity contribution in [3.8, 4) is 22.8 Å². The molecule has 6 heteroatoms. The Balaban J connectivity index is 1.91. The Kier molecular flexibility index (Phi) is 4.79. The molecule has 1 heterocycles. The number of hydrogen-bond donors (Lipinski definition) is 1. The number of aromatic nitrogens is 2. The molecule has 2 aromatic carbocycles. The molecule has 0 aliphatic carbocycles. The Morgan fingerprint density at radius 1 is 0.920 bits per heavy atom. The topological polar surface area (TPSA) is 56.3 Å². The van der Waals surface area contributed by atoms with Gasteiger partial charge in [0.05, 0.1) is 19.9 Å². The Morgan fingerprint density at radius 3 is 2.44 bits per heavy atom. The minimum atomic E-state index is -0.360. The molecule has 25 heavy (non-hydrogen) atoms. The van der Waals surface area contributed by atoms with Gasteiger partial charge in [0.2, 0.25) is 0 Å². The highest BCUT2D eigenvalue weighted by Crippen LogP contribution is 2.30. The fourth-order valence-electron chi connectivity index (χ4n) is 2.55. The summed E-state index contributed by atoms with van der Waals surface area (Å²) in [7, 11) is 3.14. The van der Waals surface area contributed by atoms with Gasteiger partial charge in [-0.05, 0) is 42.8 Å². The van der Waals surface area contributed by atoms with Crippen molar-refractivity contribution in [3.05, 3.63) is 60.2 Å². The van der Waals surface area contributed by atoms with Gasteiger partial charge in [-0.15, -0.1) is 0 Å². The van der Waals surface area contributed by atoms with E-state index in [1.807, 2.05) is 25.1 Å². The number of methoxy groups -OCH3 is 2. The lowest BCUT2D eigenvalue weighted by Gasteiger charge is -2.11. The van der Waals surface area contributed by atoms with Crippen LogP contribution in [0.2, 0.25) is 0 Å². The molecule has 0 radical (unpaired) electrons. The van der Waals surface area contributed by atoms with Crippen molar-refractivity contribution in [1.82, 2.24) is 9.97 Å². The normalized spacial score (nSPS) is 10.4. The van der Waals surface area contributed by atoms with Gasteiger partial charge < -0.3 is 14.8 Å². The fraction of sp³-hybridized carbons (Fsp3) is 0.158. The molecule has 0 aliphatic heterocycles. The molecule has 0 amide bonds. The van der Waals surface area contributed by atoms with Gasteiger partial charge in [-0.3, -0.25) is 0 Å². The van der Waals surface area contributed by atoms with Crippen molar-refractivity contribution in [2.75, 3.05) is 19.5 Å². The Bertz CT molecular complexity index is 900. The Labute approximate surface area is 145 Å². The summed E-state index contributed by atoms with van der Waals surface area (Å²) in [6, 6.07) is 11.9. The summed E-state index contributed by atoms with van der Waals surface area (Å²) in [5, 5.41) is 3.23. The maximum atomic E-state index is 13.4. The van der Waals surface area contributed by atoms with Gasteiger partial charge >= 0.3 is 0 Å². The average molecular weight is 339 g/mol. The van der Waals surface area contributed by atoms with Gasteiger partial charge in [0, 0.05) is 23.4 Å². The second-order valence-electron chi connectivity index (χ2n) is 5.44. The molecule has 0 aliphatic rings. The van der Waals surface area contributed by atoms with Crippen LogP contribution in [0.4, 0.5) is 15.9 Å². The lowest BCUT2D eigenvalue weighted by molar-refractivity contribution is 0.412. The van der Waals surface area contributed by atoms with E-state index in [0.717, 1.165) is 17.0 Å². The number of rotatable bonds is 5. The molecular weight excluding hydrogens is 321 g/mol. The minimum Gasteiger partial charge on any atom is -0.496 e. The summed E-state index contributed by atoms with van der Waals surface area (Å²) in [5.41, 5.74) is 3.23. The van der Waals surface area contributed by atoms with Crippen LogP contribution in [-0.2, 0) is 0 Å². The van der Waals surface area contributed by atoms with Gasteiger partial charge in [0.15, 0.2) is 0 Å². The van der Waals surface area contributed by atoms with E-state index < -0.39 is 0 Å². The quantitative estimate of drug-likeness (QED) is 0.749. The van der Waals surface area contributed by atoms with E-state index in [4.69, 9.17) is 9.47 Å². The molecule has 1 aromatic heterocycles. The zero-order valence-electron chi connectivity index (χ0n) is 14.2. The number of nitrogens with one attached hydrogen (secondary N) is 1. The molecule has 3 aromatic rings. The van der Waals surface area contributed by atoms with E-state index in [1.54, 1.807) is 19.2 Å². The van der Waals surface area contributed by atoms with E-state index in [0.29, 0.717) is 22.8 Å². The minimum absolute atomic E-state index is 0.360. The summed E-state index contributed by atoms with van der Waals surface area (Å²) < 4.78 is 23.9. The van der Waals surface area contributed by atoms with E-state index in [-0.39, 0.29) is 5.82 Å². The first kappa shape index (κ1) is 16.7. The maximum Gasteiger partial charge on any atom is 0.134 e. The van der Waals surface area contributed by atoms with Gasteiger partial charge in [-0.2, -0.15) is 0 Å². The van der Waals surface area contributed by atoms with Crippen LogP contribution < -0.4 is 14.8 Å². The highest BCUT2D eigenvalue weighted by atomic mass is 19.1. The number of hydrogen-bond acceptors (Lipinski definition) is 5. The molecule has 3 rings (SSSR count). The van der Waals surface area contributed by atoms with Crippen molar-refractivity contribution in [2.45, 2.75) is 6.92 Å². The summed E-state index contributed by atoms with van der Waals surface area (Å²) in [5.74, 6) is 1.51. The van der Waals surface area contributed by atoms with Crippen LogP contribution in [0.15, 0.2) is 48.8 Å². The predicted octanol–water partition coefficient (Wildman–Crippen LogP) is 4.35. The van der Waals surface area contributed by atoms with Gasteiger partial charge in [0.25, 0.3) is 0 Å². The highest BCUT2D eigenvalue weighted by Gasteiger charge is 2.10. The van der Waals surface area contributed by atoms with Crippen LogP contribution in [0.25, 0.3) is 11.3 Å². The monoisotopic (exact) mass is 339 g/mol. The van der Waals surface area contributed by atoms with E-state index in [2.05, 4.69) is 15.3 Å². The summed E-state index contributed by atoms with van der Waals surface area (Å²) in [4.78, 5) is 8.50. The predicted molar refractivity (Wildman–Crippen MR) is 95.0 cm³/mol. The van der Waals surface area contributed by atoms with Crippen molar-refractivity contribution in [3.63, 3.8) is 0 Å².